The zero-order chi connectivity index (χ0) is 22.8. The van der Waals surface area contributed by atoms with Crippen molar-refractivity contribution >= 4 is 23.0 Å². The Kier molecular flexibility index (Phi) is 6.72. The summed E-state index contributed by atoms with van der Waals surface area (Å²) in [6, 6.07) is 4.37. The van der Waals surface area contributed by atoms with Crippen LogP contribution in [0.1, 0.15) is 64.5 Å². The zero-order valence-electron chi connectivity index (χ0n) is 18.9. The van der Waals surface area contributed by atoms with E-state index in [-0.39, 0.29) is 0 Å². The quantitative estimate of drug-likeness (QED) is 0.387. The molecular formula is C24H31NO6. The molecule has 168 valence electrons. The molecule has 7 heteroatoms. The molecule has 7 nitrogen and oxygen atoms in total. The summed E-state index contributed by atoms with van der Waals surface area (Å²) in [6.45, 7) is 9.67. The van der Waals surface area contributed by atoms with E-state index in [0.29, 0.717) is 36.3 Å². The number of unbranched alkanes of at least 4 members (excludes halogenated alkanes) is 1. The molecule has 1 atom stereocenters. The van der Waals surface area contributed by atoms with Gasteiger partial charge in [0.25, 0.3) is 0 Å². The van der Waals surface area contributed by atoms with Crippen LogP contribution in [0.3, 0.4) is 0 Å². The van der Waals surface area contributed by atoms with Gasteiger partial charge in [0.15, 0.2) is 0 Å². The number of hydrogen-bond donors (Lipinski definition) is 0. The van der Waals surface area contributed by atoms with Gasteiger partial charge in [0.05, 0.1) is 0 Å². The first kappa shape index (κ1) is 22.8. The number of ether oxygens (including phenoxy) is 2. The van der Waals surface area contributed by atoms with E-state index in [1.165, 1.54) is 11.0 Å². The van der Waals surface area contributed by atoms with E-state index in [1.807, 2.05) is 6.07 Å². The maximum atomic E-state index is 12.9. The number of nitrogens with zero attached hydrogens (tertiary/aromatic N) is 1. The van der Waals surface area contributed by atoms with Gasteiger partial charge in [0, 0.05) is 23.6 Å². The second-order valence-corrected chi connectivity index (χ2v) is 9.01. The molecule has 1 fully saturated rings. The standard InChI is InChI=1S/C24H31NO6/c1-6-7-9-16-14-20(26)30-21-15(2)19(12-11-17(16)21)29-22(27)18-10-8-13-25(18)23(28)31-24(3,4)5/h11-12,14,18H,6-10,13H2,1-5H3. The Morgan fingerprint density at radius 3 is 2.68 bits per heavy atom. The van der Waals surface area contributed by atoms with Gasteiger partial charge >= 0.3 is 17.7 Å². The summed E-state index contributed by atoms with van der Waals surface area (Å²) in [5.41, 5.74) is 0.885. The van der Waals surface area contributed by atoms with Crippen molar-refractivity contribution in [3.8, 4) is 5.75 Å². The smallest absolute Gasteiger partial charge is 0.411 e. The number of aryl methyl sites for hydroxylation is 2. The lowest BCUT2D eigenvalue weighted by molar-refractivity contribution is -0.139. The topological polar surface area (TPSA) is 86.0 Å². The Labute approximate surface area is 182 Å². The van der Waals surface area contributed by atoms with E-state index in [0.717, 1.165) is 30.2 Å². The van der Waals surface area contributed by atoms with Crippen LogP contribution in [0.4, 0.5) is 4.79 Å². The molecule has 31 heavy (non-hydrogen) atoms. The Bertz CT molecular complexity index is 1030. The van der Waals surface area contributed by atoms with Crippen molar-refractivity contribution in [2.24, 2.45) is 0 Å². The maximum Gasteiger partial charge on any atom is 0.411 e. The Balaban J connectivity index is 1.84. The molecule has 1 unspecified atom stereocenters. The minimum absolute atomic E-state index is 0.323. The van der Waals surface area contributed by atoms with Crippen molar-refractivity contribution in [1.82, 2.24) is 4.90 Å². The highest BCUT2D eigenvalue weighted by molar-refractivity contribution is 5.88. The third kappa shape index (κ3) is 5.27. The monoisotopic (exact) mass is 429 g/mol. The van der Waals surface area contributed by atoms with Crippen molar-refractivity contribution < 1.29 is 23.5 Å². The average Bonchev–Trinajstić information content (AvgIpc) is 3.17. The molecule has 2 heterocycles. The first-order valence-electron chi connectivity index (χ1n) is 10.9. The van der Waals surface area contributed by atoms with Gasteiger partial charge in [0.2, 0.25) is 0 Å². The Hall–Kier alpha value is -2.83. The highest BCUT2D eigenvalue weighted by Gasteiger charge is 2.38. The lowest BCUT2D eigenvalue weighted by Gasteiger charge is -2.27. The molecule has 1 aliphatic rings. The minimum Gasteiger partial charge on any atom is -0.444 e. The molecule has 1 aromatic carbocycles. The summed E-state index contributed by atoms with van der Waals surface area (Å²) in [5.74, 6) is -0.195. The third-order valence-corrected chi connectivity index (χ3v) is 5.36. The second kappa shape index (κ2) is 9.12. The highest BCUT2D eigenvalue weighted by Crippen LogP contribution is 2.30. The average molecular weight is 430 g/mol. The van der Waals surface area contributed by atoms with Crippen molar-refractivity contribution in [2.75, 3.05) is 6.54 Å². The number of fused-ring (bicyclic) bond motifs is 1. The van der Waals surface area contributed by atoms with Crippen LogP contribution in [0.25, 0.3) is 11.0 Å². The maximum absolute atomic E-state index is 12.9. The van der Waals surface area contributed by atoms with Crippen LogP contribution in [0.5, 0.6) is 5.75 Å². The van der Waals surface area contributed by atoms with Gasteiger partial charge < -0.3 is 13.9 Å². The molecule has 3 rings (SSSR count). The summed E-state index contributed by atoms with van der Waals surface area (Å²) in [7, 11) is 0. The lowest BCUT2D eigenvalue weighted by Crippen LogP contribution is -2.44. The van der Waals surface area contributed by atoms with Crippen LogP contribution >= 0.6 is 0 Å². The molecule has 0 spiro atoms. The number of hydrogen-bond acceptors (Lipinski definition) is 6. The number of likely N-dealkylation sites (tertiary alicyclic amines) is 1. The SMILES string of the molecule is CCCCc1cc(=O)oc2c(C)c(OC(=O)C3CCCN3C(=O)OC(C)(C)C)ccc12. The summed E-state index contributed by atoms with van der Waals surface area (Å²) < 4.78 is 16.5. The number of rotatable bonds is 5. The zero-order valence-corrected chi connectivity index (χ0v) is 18.9. The summed E-state index contributed by atoms with van der Waals surface area (Å²) >= 11 is 0. The predicted octanol–water partition coefficient (Wildman–Crippen LogP) is 4.75. The Morgan fingerprint density at radius 1 is 1.26 bits per heavy atom. The molecule has 1 aromatic heterocycles. The fourth-order valence-electron chi connectivity index (χ4n) is 3.82. The van der Waals surface area contributed by atoms with Crippen molar-refractivity contribution in [2.45, 2.75) is 78.4 Å². The molecule has 0 radical (unpaired) electrons. The van der Waals surface area contributed by atoms with E-state index in [1.54, 1.807) is 33.8 Å². The minimum atomic E-state index is -0.701. The van der Waals surface area contributed by atoms with Gasteiger partial charge in [-0.25, -0.2) is 14.4 Å². The van der Waals surface area contributed by atoms with Gasteiger partial charge in [0.1, 0.15) is 23.0 Å². The van der Waals surface area contributed by atoms with Crippen molar-refractivity contribution in [1.29, 1.82) is 0 Å². The largest absolute Gasteiger partial charge is 0.444 e. The van der Waals surface area contributed by atoms with E-state index in [4.69, 9.17) is 13.9 Å². The number of carbonyl (C=O) groups excluding carboxylic acids is 2. The van der Waals surface area contributed by atoms with Crippen LogP contribution in [0, 0.1) is 6.92 Å². The van der Waals surface area contributed by atoms with E-state index < -0.39 is 29.3 Å². The number of amides is 1. The molecule has 0 bridgehead atoms. The third-order valence-electron chi connectivity index (χ3n) is 5.36. The summed E-state index contributed by atoms with van der Waals surface area (Å²) in [4.78, 5) is 38.9. The summed E-state index contributed by atoms with van der Waals surface area (Å²) in [6.07, 6.45) is 3.47. The number of esters is 1. The molecule has 1 aliphatic heterocycles. The Morgan fingerprint density at radius 2 is 2.00 bits per heavy atom. The van der Waals surface area contributed by atoms with Crippen molar-refractivity contribution in [3.63, 3.8) is 0 Å². The van der Waals surface area contributed by atoms with Gasteiger partial charge in [-0.3, -0.25) is 4.90 Å². The fourth-order valence-corrected chi connectivity index (χ4v) is 3.82. The molecule has 2 aromatic rings. The normalized spacial score (nSPS) is 16.5. The highest BCUT2D eigenvalue weighted by atomic mass is 16.6. The van der Waals surface area contributed by atoms with Crippen LogP contribution in [-0.2, 0) is 16.0 Å². The molecule has 0 saturated carbocycles. The predicted molar refractivity (Wildman–Crippen MR) is 117 cm³/mol. The van der Waals surface area contributed by atoms with E-state index in [9.17, 15) is 14.4 Å². The molecular weight excluding hydrogens is 398 g/mol. The lowest BCUT2D eigenvalue weighted by atomic mass is 10.0. The number of carbonyl (C=O) groups is 2. The van der Waals surface area contributed by atoms with Crippen molar-refractivity contribution in [3.05, 3.63) is 39.7 Å². The summed E-state index contributed by atoms with van der Waals surface area (Å²) in [5, 5.41) is 0.849. The molecule has 1 amide bonds. The van der Waals surface area contributed by atoms with Crippen LogP contribution in [0.2, 0.25) is 0 Å². The molecule has 0 N–H and O–H groups in total. The second-order valence-electron chi connectivity index (χ2n) is 9.01. The van der Waals surface area contributed by atoms with E-state index in [2.05, 4.69) is 6.92 Å². The first-order valence-corrected chi connectivity index (χ1v) is 10.9. The van der Waals surface area contributed by atoms with Gasteiger partial charge in [-0.15, -0.1) is 0 Å². The van der Waals surface area contributed by atoms with Crippen LogP contribution in [0.15, 0.2) is 27.4 Å². The van der Waals surface area contributed by atoms with Crippen LogP contribution in [-0.4, -0.2) is 35.2 Å². The van der Waals surface area contributed by atoms with Gasteiger partial charge in [-0.2, -0.15) is 0 Å². The number of benzene rings is 1. The van der Waals surface area contributed by atoms with Gasteiger partial charge in [-0.1, -0.05) is 13.3 Å². The van der Waals surface area contributed by atoms with E-state index >= 15 is 0 Å². The van der Waals surface area contributed by atoms with Crippen LogP contribution < -0.4 is 10.4 Å². The first-order chi connectivity index (χ1) is 14.6. The fraction of sp³-hybridized carbons (Fsp3) is 0.542. The van der Waals surface area contributed by atoms with Gasteiger partial charge in [-0.05, 0) is 71.1 Å². The molecule has 1 saturated heterocycles. The molecule has 0 aliphatic carbocycles.